The molecule has 1 fully saturated rings. The van der Waals surface area contributed by atoms with E-state index in [0.717, 1.165) is 0 Å². The molecular formula is C26H21FO7. The molecule has 0 spiro atoms. The summed E-state index contributed by atoms with van der Waals surface area (Å²) in [6.45, 7) is -0.416. The van der Waals surface area contributed by atoms with E-state index < -0.39 is 49.2 Å². The highest BCUT2D eigenvalue weighted by molar-refractivity contribution is 5.90. The van der Waals surface area contributed by atoms with E-state index in [-0.39, 0.29) is 11.1 Å². The SMILES string of the molecule is O=C(OC[C@H]1OC(OC(=O)c2ccccc2)[C@H](F)[C@@H]1OC(=O)c1ccccc1)c1ccccc1. The molecule has 4 rings (SSSR count). The first-order chi connectivity index (χ1) is 16.5. The predicted octanol–water partition coefficient (Wildman–Crippen LogP) is 3.99. The molecule has 0 aromatic heterocycles. The number of rotatable bonds is 7. The molecule has 3 aromatic rings. The van der Waals surface area contributed by atoms with Crippen molar-refractivity contribution in [2.75, 3.05) is 6.61 Å². The highest BCUT2D eigenvalue weighted by Gasteiger charge is 2.50. The highest BCUT2D eigenvalue weighted by atomic mass is 19.1. The Morgan fingerprint density at radius 1 is 0.676 bits per heavy atom. The fourth-order valence-corrected chi connectivity index (χ4v) is 3.38. The van der Waals surface area contributed by atoms with Gasteiger partial charge in [0, 0.05) is 0 Å². The van der Waals surface area contributed by atoms with Crippen LogP contribution in [0.1, 0.15) is 31.1 Å². The zero-order chi connectivity index (χ0) is 23.9. The minimum atomic E-state index is -2.00. The van der Waals surface area contributed by atoms with Crippen LogP contribution in [0.25, 0.3) is 0 Å². The summed E-state index contributed by atoms with van der Waals surface area (Å²) in [5.74, 6) is -2.24. The standard InChI is InChI=1S/C26H21FO7/c27-21-22(33-24(29)18-12-6-2-7-13-18)20(16-31-23(28)17-10-4-1-5-11-17)32-26(21)34-25(30)19-14-8-3-9-15-19/h1-15,20-22,26H,16H2/t20-,21-,22-,26?/m1/s1. The fraction of sp³-hybridized carbons (Fsp3) is 0.192. The van der Waals surface area contributed by atoms with Crippen LogP contribution in [-0.4, -0.2) is 49.2 Å². The first-order valence-electron chi connectivity index (χ1n) is 10.6. The van der Waals surface area contributed by atoms with Crippen molar-refractivity contribution in [1.82, 2.24) is 0 Å². The summed E-state index contributed by atoms with van der Waals surface area (Å²) in [6.07, 6.45) is -6.31. The average Bonchev–Trinajstić information content (AvgIpc) is 3.17. The van der Waals surface area contributed by atoms with Gasteiger partial charge in [-0.25, -0.2) is 18.8 Å². The Kier molecular flexibility index (Phi) is 7.29. The van der Waals surface area contributed by atoms with Crippen LogP contribution >= 0.6 is 0 Å². The third kappa shape index (κ3) is 5.47. The maximum Gasteiger partial charge on any atom is 0.340 e. The van der Waals surface area contributed by atoms with Crippen LogP contribution in [0.3, 0.4) is 0 Å². The zero-order valence-electron chi connectivity index (χ0n) is 17.9. The van der Waals surface area contributed by atoms with Gasteiger partial charge in [0.05, 0.1) is 16.7 Å². The molecule has 8 heteroatoms. The molecule has 174 valence electrons. The van der Waals surface area contributed by atoms with Crippen molar-refractivity contribution in [2.24, 2.45) is 0 Å². The molecule has 1 unspecified atom stereocenters. The van der Waals surface area contributed by atoms with Crippen molar-refractivity contribution in [3.63, 3.8) is 0 Å². The lowest BCUT2D eigenvalue weighted by Crippen LogP contribution is -2.37. The molecule has 1 saturated heterocycles. The van der Waals surface area contributed by atoms with E-state index in [2.05, 4.69) is 0 Å². The Morgan fingerprint density at radius 3 is 1.62 bits per heavy atom. The molecule has 34 heavy (non-hydrogen) atoms. The normalized spacial score (nSPS) is 21.4. The number of hydrogen-bond donors (Lipinski definition) is 0. The van der Waals surface area contributed by atoms with Crippen LogP contribution in [0.4, 0.5) is 4.39 Å². The molecule has 0 saturated carbocycles. The van der Waals surface area contributed by atoms with Gasteiger partial charge in [0.1, 0.15) is 12.7 Å². The molecule has 0 N–H and O–H groups in total. The van der Waals surface area contributed by atoms with Crippen molar-refractivity contribution >= 4 is 17.9 Å². The molecule has 3 aromatic carbocycles. The predicted molar refractivity (Wildman–Crippen MR) is 118 cm³/mol. The lowest BCUT2D eigenvalue weighted by Gasteiger charge is -2.19. The quantitative estimate of drug-likeness (QED) is 0.386. The van der Waals surface area contributed by atoms with Gasteiger partial charge in [0.2, 0.25) is 12.5 Å². The molecule has 7 nitrogen and oxygen atoms in total. The molecule has 0 aliphatic carbocycles. The second-order valence-electron chi connectivity index (χ2n) is 7.46. The van der Waals surface area contributed by atoms with E-state index in [9.17, 15) is 14.4 Å². The van der Waals surface area contributed by atoms with E-state index in [1.165, 1.54) is 24.3 Å². The number of benzene rings is 3. The van der Waals surface area contributed by atoms with Crippen LogP contribution in [0.2, 0.25) is 0 Å². The van der Waals surface area contributed by atoms with Crippen LogP contribution in [0.15, 0.2) is 91.0 Å². The first-order valence-corrected chi connectivity index (χ1v) is 10.6. The van der Waals surface area contributed by atoms with Crippen LogP contribution < -0.4 is 0 Å². The summed E-state index contributed by atoms with van der Waals surface area (Å²) in [4.78, 5) is 37.2. The van der Waals surface area contributed by atoms with Crippen molar-refractivity contribution in [3.05, 3.63) is 108 Å². The summed E-state index contributed by atoms with van der Waals surface area (Å²) in [5.41, 5.74) is 0.705. The topological polar surface area (TPSA) is 88.1 Å². The third-order valence-electron chi connectivity index (χ3n) is 5.12. The van der Waals surface area contributed by atoms with Crippen LogP contribution in [-0.2, 0) is 18.9 Å². The number of hydrogen-bond acceptors (Lipinski definition) is 7. The molecule has 0 bridgehead atoms. The first kappa shape index (κ1) is 23.1. The minimum Gasteiger partial charge on any atom is -0.459 e. The molecule has 1 heterocycles. The smallest absolute Gasteiger partial charge is 0.340 e. The van der Waals surface area contributed by atoms with Crippen molar-refractivity contribution in [3.8, 4) is 0 Å². The second kappa shape index (κ2) is 10.7. The van der Waals surface area contributed by atoms with Crippen molar-refractivity contribution < 1.29 is 37.7 Å². The highest BCUT2D eigenvalue weighted by Crippen LogP contribution is 2.29. The Labute approximate surface area is 195 Å². The lowest BCUT2D eigenvalue weighted by molar-refractivity contribution is -0.129. The van der Waals surface area contributed by atoms with Gasteiger partial charge in [-0.2, -0.15) is 0 Å². The maximum absolute atomic E-state index is 15.3. The Balaban J connectivity index is 1.47. The van der Waals surface area contributed by atoms with Crippen LogP contribution in [0.5, 0.6) is 0 Å². The molecule has 1 aliphatic rings. The van der Waals surface area contributed by atoms with Crippen molar-refractivity contribution in [1.29, 1.82) is 0 Å². The molecule has 0 radical (unpaired) electrons. The van der Waals surface area contributed by atoms with E-state index in [1.807, 2.05) is 0 Å². The summed E-state index contributed by atoms with van der Waals surface area (Å²) >= 11 is 0. The van der Waals surface area contributed by atoms with Gasteiger partial charge < -0.3 is 18.9 Å². The monoisotopic (exact) mass is 464 g/mol. The van der Waals surface area contributed by atoms with Gasteiger partial charge in [-0.05, 0) is 36.4 Å². The lowest BCUT2D eigenvalue weighted by atomic mass is 10.1. The van der Waals surface area contributed by atoms with Gasteiger partial charge in [-0.3, -0.25) is 0 Å². The van der Waals surface area contributed by atoms with Gasteiger partial charge in [-0.15, -0.1) is 0 Å². The number of halogens is 1. The summed E-state index contributed by atoms with van der Waals surface area (Å²) in [5, 5.41) is 0. The number of carbonyl (C=O) groups excluding carboxylic acids is 3. The molecular weight excluding hydrogens is 443 g/mol. The number of alkyl halides is 1. The van der Waals surface area contributed by atoms with Gasteiger partial charge in [0.25, 0.3) is 0 Å². The average molecular weight is 464 g/mol. The molecule has 4 atom stereocenters. The van der Waals surface area contributed by atoms with E-state index >= 15 is 4.39 Å². The van der Waals surface area contributed by atoms with Crippen molar-refractivity contribution in [2.45, 2.75) is 24.7 Å². The molecule has 0 amide bonds. The van der Waals surface area contributed by atoms with Gasteiger partial charge >= 0.3 is 17.9 Å². The Morgan fingerprint density at radius 2 is 1.12 bits per heavy atom. The van der Waals surface area contributed by atoms with Crippen LogP contribution in [0, 0.1) is 0 Å². The van der Waals surface area contributed by atoms with Gasteiger partial charge in [0.15, 0.2) is 6.10 Å². The van der Waals surface area contributed by atoms with E-state index in [0.29, 0.717) is 5.56 Å². The second-order valence-corrected chi connectivity index (χ2v) is 7.46. The maximum atomic E-state index is 15.3. The summed E-state index contributed by atoms with van der Waals surface area (Å²) in [6, 6.07) is 24.2. The van der Waals surface area contributed by atoms with E-state index in [4.69, 9.17) is 18.9 Å². The molecule has 1 aliphatic heterocycles. The van der Waals surface area contributed by atoms with E-state index in [1.54, 1.807) is 66.7 Å². The Hall–Kier alpha value is -4.04. The minimum absolute atomic E-state index is 0.204. The largest absolute Gasteiger partial charge is 0.459 e. The third-order valence-corrected chi connectivity index (χ3v) is 5.12. The number of carbonyl (C=O) groups is 3. The fourth-order valence-electron chi connectivity index (χ4n) is 3.38. The zero-order valence-corrected chi connectivity index (χ0v) is 17.9. The van der Waals surface area contributed by atoms with Gasteiger partial charge in [-0.1, -0.05) is 54.6 Å². The number of ether oxygens (including phenoxy) is 4. The summed E-state index contributed by atoms with van der Waals surface area (Å²) in [7, 11) is 0. The summed E-state index contributed by atoms with van der Waals surface area (Å²) < 4.78 is 36.6. The Bertz CT molecular complexity index is 1120. The number of esters is 3.